The van der Waals surface area contributed by atoms with Gasteiger partial charge in [-0.1, -0.05) is 36.4 Å². The lowest BCUT2D eigenvalue weighted by atomic mass is 10.0. The molecule has 0 radical (unpaired) electrons. The van der Waals surface area contributed by atoms with Crippen LogP contribution in [0, 0.1) is 11.3 Å². The Hall–Kier alpha value is -3.88. The first-order chi connectivity index (χ1) is 15.9. The molecule has 0 bridgehead atoms. The molecule has 0 saturated carbocycles. The van der Waals surface area contributed by atoms with Gasteiger partial charge in [-0.2, -0.15) is 0 Å². The van der Waals surface area contributed by atoms with Gasteiger partial charge in [0.15, 0.2) is 0 Å². The predicted molar refractivity (Wildman–Crippen MR) is 121 cm³/mol. The molecule has 1 aliphatic heterocycles. The van der Waals surface area contributed by atoms with Crippen molar-refractivity contribution in [2.75, 3.05) is 20.3 Å². The summed E-state index contributed by atoms with van der Waals surface area (Å²) in [6.07, 6.45) is -0.0737. The van der Waals surface area contributed by atoms with Crippen LogP contribution in [0.4, 0.5) is 4.79 Å². The summed E-state index contributed by atoms with van der Waals surface area (Å²) in [5.41, 5.74) is 2.47. The summed E-state index contributed by atoms with van der Waals surface area (Å²) in [7, 11) is 1.24. The molecular weight excluding hydrogens is 426 g/mol. The van der Waals surface area contributed by atoms with Gasteiger partial charge in [0.2, 0.25) is 5.91 Å². The van der Waals surface area contributed by atoms with Crippen LogP contribution in [0.5, 0.6) is 5.75 Å². The highest BCUT2D eigenvalue weighted by atomic mass is 16.5. The Morgan fingerprint density at radius 2 is 1.73 bits per heavy atom. The highest BCUT2D eigenvalue weighted by molar-refractivity contribution is 6.04. The van der Waals surface area contributed by atoms with E-state index in [0.717, 1.165) is 11.1 Å². The lowest BCUT2D eigenvalue weighted by Crippen LogP contribution is -2.31. The predicted octanol–water partition coefficient (Wildman–Crippen LogP) is 2.87. The van der Waals surface area contributed by atoms with Crippen molar-refractivity contribution in [3.05, 3.63) is 54.1 Å². The maximum Gasteiger partial charge on any atom is 0.412 e. The standard InChI is InChI=1S/C24H27N3O6/c1-3-32-21(28)13-18-12-19(26-23(18)29)14-33-20-10-8-16(9-11-20)15-4-6-17(7-5-15)22(25)27-24(30)31-2/h4-11,18-19H,3,12-14H2,1-2H3,(H,26,29)(H2,25,27,30)/t18-,19-/m0/s1. The van der Waals surface area contributed by atoms with E-state index in [-0.39, 0.29) is 36.1 Å². The number of esters is 1. The fourth-order valence-electron chi connectivity index (χ4n) is 3.53. The van der Waals surface area contributed by atoms with Gasteiger partial charge < -0.3 is 19.5 Å². The molecule has 2 aromatic carbocycles. The second-order valence-corrected chi connectivity index (χ2v) is 7.55. The minimum atomic E-state index is -0.689. The number of methoxy groups -OCH3 is 1. The van der Waals surface area contributed by atoms with Crippen LogP contribution in [0.3, 0.4) is 0 Å². The van der Waals surface area contributed by atoms with E-state index in [1.165, 1.54) is 7.11 Å². The molecule has 9 nitrogen and oxygen atoms in total. The minimum Gasteiger partial charge on any atom is -0.491 e. The number of benzene rings is 2. The minimum absolute atomic E-state index is 0.0411. The maximum atomic E-state index is 12.1. The average Bonchev–Trinajstić information content (AvgIpc) is 3.17. The van der Waals surface area contributed by atoms with Crippen molar-refractivity contribution in [2.45, 2.75) is 25.8 Å². The van der Waals surface area contributed by atoms with Crippen molar-refractivity contribution in [2.24, 2.45) is 5.92 Å². The molecule has 3 N–H and O–H groups in total. The van der Waals surface area contributed by atoms with E-state index in [9.17, 15) is 14.4 Å². The number of alkyl carbamates (subject to hydrolysis) is 1. The normalized spacial score (nSPS) is 17.1. The first-order valence-corrected chi connectivity index (χ1v) is 10.6. The van der Waals surface area contributed by atoms with E-state index in [0.29, 0.717) is 30.9 Å². The Morgan fingerprint density at radius 1 is 1.09 bits per heavy atom. The highest BCUT2D eigenvalue weighted by Gasteiger charge is 2.34. The molecule has 1 aliphatic rings. The van der Waals surface area contributed by atoms with Crippen LogP contribution in [-0.4, -0.2) is 50.2 Å². The number of hydrogen-bond donors (Lipinski definition) is 3. The first-order valence-electron chi connectivity index (χ1n) is 10.6. The van der Waals surface area contributed by atoms with Gasteiger partial charge in [0, 0.05) is 5.56 Å². The number of carbonyl (C=O) groups is 3. The van der Waals surface area contributed by atoms with Gasteiger partial charge in [-0.05, 0) is 36.6 Å². The topological polar surface area (TPSA) is 127 Å². The summed E-state index contributed by atoms with van der Waals surface area (Å²) in [6, 6.07) is 14.6. The average molecular weight is 453 g/mol. The van der Waals surface area contributed by atoms with Crippen molar-refractivity contribution < 1.29 is 28.6 Å². The number of amides is 2. The second kappa shape index (κ2) is 11.1. The number of nitrogens with one attached hydrogen (secondary N) is 3. The van der Waals surface area contributed by atoms with Crippen LogP contribution in [-0.2, 0) is 19.1 Å². The number of ether oxygens (including phenoxy) is 3. The second-order valence-electron chi connectivity index (χ2n) is 7.55. The van der Waals surface area contributed by atoms with Gasteiger partial charge in [0.25, 0.3) is 0 Å². The van der Waals surface area contributed by atoms with E-state index >= 15 is 0 Å². The summed E-state index contributed by atoms with van der Waals surface area (Å²) in [5, 5.41) is 13.1. The van der Waals surface area contributed by atoms with Crippen LogP contribution < -0.4 is 15.4 Å². The summed E-state index contributed by atoms with van der Waals surface area (Å²) in [6.45, 7) is 2.35. The Labute approximate surface area is 191 Å². The molecule has 0 spiro atoms. The van der Waals surface area contributed by atoms with Crippen LogP contribution >= 0.6 is 0 Å². The van der Waals surface area contributed by atoms with Gasteiger partial charge in [0.05, 0.1) is 32.1 Å². The van der Waals surface area contributed by atoms with Gasteiger partial charge in [-0.3, -0.25) is 20.3 Å². The smallest absolute Gasteiger partial charge is 0.412 e. The SMILES string of the molecule is CCOC(=O)C[C@@H]1C[C@@H](COc2ccc(-c3ccc(C(=N)NC(=O)OC)cc3)cc2)NC1=O. The van der Waals surface area contributed by atoms with Crippen LogP contribution in [0.1, 0.15) is 25.3 Å². The molecule has 9 heteroatoms. The molecule has 0 aliphatic carbocycles. The number of rotatable bonds is 8. The highest BCUT2D eigenvalue weighted by Crippen LogP contribution is 2.24. The molecule has 33 heavy (non-hydrogen) atoms. The summed E-state index contributed by atoms with van der Waals surface area (Å²) < 4.78 is 15.2. The Morgan fingerprint density at radius 3 is 2.33 bits per heavy atom. The largest absolute Gasteiger partial charge is 0.491 e. The molecule has 2 aromatic rings. The fourth-order valence-corrected chi connectivity index (χ4v) is 3.53. The van der Waals surface area contributed by atoms with Gasteiger partial charge in [0.1, 0.15) is 18.2 Å². The zero-order chi connectivity index (χ0) is 23.8. The third-order valence-electron chi connectivity index (χ3n) is 5.23. The number of carbonyl (C=O) groups excluding carboxylic acids is 3. The molecule has 174 valence electrons. The molecule has 1 saturated heterocycles. The number of amidine groups is 1. The molecule has 2 atom stereocenters. The molecule has 3 rings (SSSR count). The summed E-state index contributed by atoms with van der Waals surface area (Å²) >= 11 is 0. The Kier molecular flexibility index (Phi) is 8.01. The van der Waals surface area contributed by atoms with Gasteiger partial charge in [-0.25, -0.2) is 4.79 Å². The van der Waals surface area contributed by atoms with Crippen molar-refractivity contribution in [1.29, 1.82) is 5.41 Å². The molecule has 0 unspecified atom stereocenters. The van der Waals surface area contributed by atoms with E-state index in [1.807, 2.05) is 36.4 Å². The third kappa shape index (κ3) is 6.55. The zero-order valence-electron chi connectivity index (χ0n) is 18.6. The molecule has 1 heterocycles. The van der Waals surface area contributed by atoms with Crippen molar-refractivity contribution in [3.8, 4) is 16.9 Å². The van der Waals surface area contributed by atoms with E-state index in [2.05, 4.69) is 15.4 Å². The molecule has 2 amide bonds. The van der Waals surface area contributed by atoms with Crippen molar-refractivity contribution >= 4 is 23.8 Å². The van der Waals surface area contributed by atoms with Crippen molar-refractivity contribution in [3.63, 3.8) is 0 Å². The maximum absolute atomic E-state index is 12.1. The monoisotopic (exact) mass is 453 g/mol. The molecule has 0 aromatic heterocycles. The lowest BCUT2D eigenvalue weighted by Gasteiger charge is -2.13. The quantitative estimate of drug-likeness (QED) is 0.320. The molecular formula is C24H27N3O6. The van der Waals surface area contributed by atoms with Gasteiger partial charge >= 0.3 is 12.1 Å². The Bertz CT molecular complexity index is 1000. The third-order valence-corrected chi connectivity index (χ3v) is 5.23. The lowest BCUT2D eigenvalue weighted by molar-refractivity contribution is -0.145. The summed E-state index contributed by atoms with van der Waals surface area (Å²) in [5.74, 6) is -0.264. The van der Waals surface area contributed by atoms with Gasteiger partial charge in [-0.15, -0.1) is 0 Å². The van der Waals surface area contributed by atoms with Crippen LogP contribution in [0.15, 0.2) is 48.5 Å². The number of hydrogen-bond acceptors (Lipinski definition) is 7. The zero-order valence-corrected chi connectivity index (χ0v) is 18.6. The fraction of sp³-hybridized carbons (Fsp3) is 0.333. The van der Waals surface area contributed by atoms with Crippen LogP contribution in [0.2, 0.25) is 0 Å². The summed E-state index contributed by atoms with van der Waals surface area (Å²) in [4.78, 5) is 34.9. The Balaban J connectivity index is 1.51. The van der Waals surface area contributed by atoms with Crippen LogP contribution in [0.25, 0.3) is 11.1 Å². The van der Waals surface area contributed by atoms with E-state index < -0.39 is 6.09 Å². The van der Waals surface area contributed by atoms with Crippen molar-refractivity contribution in [1.82, 2.24) is 10.6 Å². The molecule has 1 fully saturated rings. The van der Waals surface area contributed by atoms with E-state index in [4.69, 9.17) is 14.9 Å². The first kappa shape index (κ1) is 23.8. The van der Waals surface area contributed by atoms with E-state index in [1.54, 1.807) is 19.1 Å².